The molecule has 116 valence electrons. The zero-order chi connectivity index (χ0) is 14.8. The molecule has 6 nitrogen and oxygen atoms in total. The van der Waals surface area contributed by atoms with Gasteiger partial charge in [-0.3, -0.25) is 4.68 Å². The molecule has 0 bridgehead atoms. The van der Waals surface area contributed by atoms with E-state index in [1.165, 1.54) is 0 Å². The number of nitrogens with one attached hydrogen (secondary N) is 1. The highest BCUT2D eigenvalue weighted by Crippen LogP contribution is 2.25. The van der Waals surface area contributed by atoms with E-state index in [1.807, 2.05) is 4.68 Å². The predicted molar refractivity (Wildman–Crippen MR) is 78.2 cm³/mol. The molecule has 0 spiro atoms. The van der Waals surface area contributed by atoms with E-state index in [0.717, 1.165) is 31.0 Å². The molecular weight excluding hydrogens is 258 g/mol. The first-order valence-electron chi connectivity index (χ1n) is 7.18. The van der Waals surface area contributed by atoms with Gasteiger partial charge in [0, 0.05) is 13.7 Å². The average molecular weight is 285 g/mol. The van der Waals surface area contributed by atoms with Gasteiger partial charge in [0.1, 0.15) is 0 Å². The Hall–Kier alpha value is -1.11. The third-order valence-electron chi connectivity index (χ3n) is 3.00. The van der Waals surface area contributed by atoms with Crippen molar-refractivity contribution in [2.45, 2.75) is 32.9 Å². The largest absolute Gasteiger partial charge is 0.493 e. The van der Waals surface area contributed by atoms with Crippen LogP contribution in [0.5, 0.6) is 5.75 Å². The third-order valence-corrected chi connectivity index (χ3v) is 3.00. The van der Waals surface area contributed by atoms with Crippen LogP contribution in [0.4, 0.5) is 0 Å². The van der Waals surface area contributed by atoms with Crippen LogP contribution in [0.2, 0.25) is 0 Å². The molecule has 1 atom stereocenters. The summed E-state index contributed by atoms with van der Waals surface area (Å²) in [5.41, 5.74) is 1.05. The summed E-state index contributed by atoms with van der Waals surface area (Å²) in [5.74, 6) is 0.805. The summed E-state index contributed by atoms with van der Waals surface area (Å²) < 4.78 is 18.1. The number of hydrogen-bond donors (Lipinski definition) is 1. The predicted octanol–water partition coefficient (Wildman–Crippen LogP) is 1.62. The van der Waals surface area contributed by atoms with Crippen LogP contribution in [-0.4, -0.2) is 50.4 Å². The van der Waals surface area contributed by atoms with Gasteiger partial charge in [-0.1, -0.05) is 13.8 Å². The second-order valence-electron chi connectivity index (χ2n) is 4.50. The number of hydrogen-bond acceptors (Lipinski definition) is 5. The van der Waals surface area contributed by atoms with E-state index < -0.39 is 0 Å². The highest BCUT2D eigenvalue weighted by molar-refractivity contribution is 5.28. The normalized spacial score (nSPS) is 12.6. The number of aryl methyl sites for hydroxylation is 1. The summed E-state index contributed by atoms with van der Waals surface area (Å²) in [6, 6.07) is 0.0702. The molecule has 0 amide bonds. The van der Waals surface area contributed by atoms with E-state index in [2.05, 4.69) is 24.3 Å². The molecule has 0 saturated heterocycles. The fourth-order valence-corrected chi connectivity index (χ4v) is 2.10. The summed E-state index contributed by atoms with van der Waals surface area (Å²) in [5, 5.41) is 7.82. The van der Waals surface area contributed by atoms with Crippen LogP contribution in [-0.2, 0) is 16.0 Å². The van der Waals surface area contributed by atoms with Crippen LogP contribution in [0.15, 0.2) is 6.20 Å². The van der Waals surface area contributed by atoms with Crippen molar-refractivity contribution in [3.05, 3.63) is 11.9 Å². The molecule has 1 rings (SSSR count). The SMILES string of the molecule is CCCn1ncc(OC)c1C(COCCOC)NCC. The van der Waals surface area contributed by atoms with Crippen LogP contribution >= 0.6 is 0 Å². The molecule has 6 heteroatoms. The molecule has 1 aromatic rings. The topological polar surface area (TPSA) is 57.5 Å². The zero-order valence-electron chi connectivity index (χ0n) is 13.0. The average Bonchev–Trinajstić information content (AvgIpc) is 2.85. The highest BCUT2D eigenvalue weighted by Gasteiger charge is 2.21. The lowest BCUT2D eigenvalue weighted by Crippen LogP contribution is -2.29. The lowest BCUT2D eigenvalue weighted by molar-refractivity contribution is 0.0572. The number of ether oxygens (including phenoxy) is 3. The molecule has 1 N–H and O–H groups in total. The number of methoxy groups -OCH3 is 2. The molecule has 0 aliphatic rings. The van der Waals surface area contributed by atoms with E-state index in [4.69, 9.17) is 14.2 Å². The Morgan fingerprint density at radius 2 is 2.10 bits per heavy atom. The van der Waals surface area contributed by atoms with Crippen molar-refractivity contribution < 1.29 is 14.2 Å². The molecule has 0 aromatic carbocycles. The van der Waals surface area contributed by atoms with Gasteiger partial charge >= 0.3 is 0 Å². The monoisotopic (exact) mass is 285 g/mol. The van der Waals surface area contributed by atoms with Gasteiger partial charge in [0.05, 0.1) is 44.9 Å². The minimum absolute atomic E-state index is 0.0702. The minimum atomic E-state index is 0.0702. The van der Waals surface area contributed by atoms with Gasteiger partial charge in [-0.15, -0.1) is 0 Å². The standard InChI is InChI=1S/C14H27N3O3/c1-5-7-17-14(13(19-4)10-16-17)12(15-6-2)11-20-9-8-18-3/h10,12,15H,5-9,11H2,1-4H3. The summed E-state index contributed by atoms with van der Waals surface area (Å²) >= 11 is 0. The Morgan fingerprint density at radius 1 is 1.30 bits per heavy atom. The zero-order valence-corrected chi connectivity index (χ0v) is 13.0. The van der Waals surface area contributed by atoms with Crippen LogP contribution in [0.1, 0.15) is 32.0 Å². The fraction of sp³-hybridized carbons (Fsp3) is 0.786. The van der Waals surface area contributed by atoms with Gasteiger partial charge in [0.2, 0.25) is 0 Å². The Morgan fingerprint density at radius 3 is 2.70 bits per heavy atom. The molecule has 0 aliphatic carbocycles. The summed E-state index contributed by atoms with van der Waals surface area (Å²) in [4.78, 5) is 0. The van der Waals surface area contributed by atoms with Crippen molar-refractivity contribution in [3.8, 4) is 5.75 Å². The van der Waals surface area contributed by atoms with E-state index in [-0.39, 0.29) is 6.04 Å². The van der Waals surface area contributed by atoms with Crippen molar-refractivity contribution in [2.75, 3.05) is 40.6 Å². The Kier molecular flexibility index (Phi) is 8.25. The number of aromatic nitrogens is 2. The summed E-state index contributed by atoms with van der Waals surface area (Å²) in [7, 11) is 3.34. The number of likely N-dealkylation sites (N-methyl/N-ethyl adjacent to an activating group) is 1. The fourth-order valence-electron chi connectivity index (χ4n) is 2.10. The molecule has 0 fully saturated rings. The maximum Gasteiger partial charge on any atom is 0.161 e. The van der Waals surface area contributed by atoms with Gasteiger partial charge in [0.25, 0.3) is 0 Å². The van der Waals surface area contributed by atoms with Crippen LogP contribution in [0.25, 0.3) is 0 Å². The Balaban J connectivity index is 2.79. The molecule has 1 aromatic heterocycles. The van der Waals surface area contributed by atoms with Gasteiger partial charge in [-0.2, -0.15) is 5.10 Å². The van der Waals surface area contributed by atoms with E-state index >= 15 is 0 Å². The Bertz CT molecular complexity index is 369. The molecule has 0 saturated carbocycles. The molecule has 1 unspecified atom stereocenters. The maximum absolute atomic E-state index is 5.66. The second-order valence-corrected chi connectivity index (χ2v) is 4.50. The van der Waals surface area contributed by atoms with Crippen molar-refractivity contribution >= 4 is 0 Å². The quantitative estimate of drug-likeness (QED) is 0.626. The van der Waals surface area contributed by atoms with Crippen LogP contribution in [0.3, 0.4) is 0 Å². The van der Waals surface area contributed by atoms with Gasteiger partial charge in [0.15, 0.2) is 5.75 Å². The first kappa shape index (κ1) is 16.9. The molecular formula is C14H27N3O3. The van der Waals surface area contributed by atoms with Crippen LogP contribution < -0.4 is 10.1 Å². The molecule has 20 heavy (non-hydrogen) atoms. The first-order chi connectivity index (χ1) is 9.78. The number of nitrogens with zero attached hydrogens (tertiary/aromatic N) is 2. The first-order valence-corrected chi connectivity index (χ1v) is 7.18. The lowest BCUT2D eigenvalue weighted by Gasteiger charge is -2.20. The van der Waals surface area contributed by atoms with Crippen molar-refractivity contribution in [2.24, 2.45) is 0 Å². The molecule has 0 aliphatic heterocycles. The van der Waals surface area contributed by atoms with E-state index in [9.17, 15) is 0 Å². The highest BCUT2D eigenvalue weighted by atomic mass is 16.5. The maximum atomic E-state index is 5.66. The summed E-state index contributed by atoms with van der Waals surface area (Å²) in [6.45, 7) is 7.71. The van der Waals surface area contributed by atoms with Gasteiger partial charge in [-0.05, 0) is 13.0 Å². The minimum Gasteiger partial charge on any atom is -0.493 e. The molecule has 0 radical (unpaired) electrons. The van der Waals surface area contributed by atoms with Crippen LogP contribution in [0, 0.1) is 0 Å². The van der Waals surface area contributed by atoms with E-state index in [1.54, 1.807) is 20.4 Å². The third kappa shape index (κ3) is 4.77. The van der Waals surface area contributed by atoms with E-state index in [0.29, 0.717) is 19.8 Å². The lowest BCUT2D eigenvalue weighted by atomic mass is 10.2. The number of rotatable bonds is 11. The Labute approximate surface area is 121 Å². The van der Waals surface area contributed by atoms with Gasteiger partial charge in [-0.25, -0.2) is 0 Å². The molecule has 1 heterocycles. The summed E-state index contributed by atoms with van der Waals surface area (Å²) in [6.07, 6.45) is 2.80. The van der Waals surface area contributed by atoms with Crippen molar-refractivity contribution in [1.82, 2.24) is 15.1 Å². The van der Waals surface area contributed by atoms with Gasteiger partial charge < -0.3 is 19.5 Å². The second kappa shape index (κ2) is 9.74. The van der Waals surface area contributed by atoms with Crippen molar-refractivity contribution in [3.63, 3.8) is 0 Å². The van der Waals surface area contributed by atoms with Crippen molar-refractivity contribution in [1.29, 1.82) is 0 Å². The smallest absolute Gasteiger partial charge is 0.161 e.